The standard InChI is InChI=1S/C12H13NO3.C9H7Br/c1-10(12(14)15)13-16-9-5-8-11-6-3-2-4-7-11;10-8-4-7-9-5-2-1-3-6-9/h2-8H,9H2,1H3,(H,14,15);1-3,5-6H,8H2/b8-5+,13-10-;. The molecule has 0 aliphatic heterocycles. The van der Waals surface area contributed by atoms with Crippen LogP contribution in [-0.4, -0.2) is 28.7 Å². The Labute approximate surface area is 162 Å². The quantitative estimate of drug-likeness (QED) is 0.256. The Morgan fingerprint density at radius 1 is 1.15 bits per heavy atom. The Hall–Kier alpha value is -2.84. The fourth-order valence-electron chi connectivity index (χ4n) is 1.62. The molecule has 0 aliphatic rings. The van der Waals surface area contributed by atoms with Gasteiger partial charge in [-0.2, -0.15) is 0 Å². The van der Waals surface area contributed by atoms with Crippen molar-refractivity contribution < 1.29 is 14.7 Å². The van der Waals surface area contributed by atoms with E-state index in [0.717, 1.165) is 16.5 Å². The van der Waals surface area contributed by atoms with E-state index < -0.39 is 5.97 Å². The third-order valence-corrected chi connectivity index (χ3v) is 3.15. The number of carboxylic acids is 1. The molecule has 0 spiro atoms. The van der Waals surface area contributed by atoms with Gasteiger partial charge < -0.3 is 9.94 Å². The number of alkyl halides is 1. The SMILES string of the molecule is BrCC#Cc1ccccc1.C/C(=N/OC/C=C/c1ccccc1)C(=O)O. The van der Waals surface area contributed by atoms with Gasteiger partial charge in [0.1, 0.15) is 6.61 Å². The van der Waals surface area contributed by atoms with E-state index in [2.05, 4.69) is 32.9 Å². The molecule has 134 valence electrons. The van der Waals surface area contributed by atoms with E-state index in [0.29, 0.717) is 0 Å². The van der Waals surface area contributed by atoms with Gasteiger partial charge in [-0.05, 0) is 30.7 Å². The molecule has 0 saturated heterocycles. The van der Waals surface area contributed by atoms with Crippen LogP contribution in [0.25, 0.3) is 6.08 Å². The Bertz CT molecular complexity index is 775. The molecule has 0 fully saturated rings. The number of aliphatic carboxylic acids is 1. The van der Waals surface area contributed by atoms with Crippen molar-refractivity contribution in [3.05, 3.63) is 77.9 Å². The molecular formula is C21H20BrNO3. The van der Waals surface area contributed by atoms with Gasteiger partial charge >= 0.3 is 5.97 Å². The number of nitrogens with zero attached hydrogens (tertiary/aromatic N) is 1. The number of benzene rings is 2. The van der Waals surface area contributed by atoms with Crippen LogP contribution in [0.1, 0.15) is 18.1 Å². The highest BCUT2D eigenvalue weighted by Gasteiger charge is 2.00. The zero-order valence-corrected chi connectivity index (χ0v) is 16.0. The maximum atomic E-state index is 10.4. The van der Waals surface area contributed by atoms with Crippen LogP contribution in [0, 0.1) is 11.8 Å². The molecule has 0 bridgehead atoms. The lowest BCUT2D eigenvalue weighted by Gasteiger charge is -1.95. The monoisotopic (exact) mass is 413 g/mol. The molecule has 5 heteroatoms. The number of oxime groups is 1. The Morgan fingerprint density at radius 2 is 1.77 bits per heavy atom. The number of carbonyl (C=O) groups is 1. The number of carboxylic acid groups (broad SMARTS) is 1. The third kappa shape index (κ3) is 10.1. The van der Waals surface area contributed by atoms with Crippen LogP contribution in [0.5, 0.6) is 0 Å². The summed E-state index contributed by atoms with van der Waals surface area (Å²) in [6.07, 6.45) is 3.65. The van der Waals surface area contributed by atoms with Crippen molar-refractivity contribution in [3.63, 3.8) is 0 Å². The second-order valence-electron chi connectivity index (χ2n) is 4.89. The average molecular weight is 414 g/mol. The first-order valence-corrected chi connectivity index (χ1v) is 8.97. The van der Waals surface area contributed by atoms with Gasteiger partial charge in [0.25, 0.3) is 0 Å². The van der Waals surface area contributed by atoms with E-state index in [4.69, 9.17) is 9.94 Å². The van der Waals surface area contributed by atoms with E-state index in [1.807, 2.05) is 66.7 Å². The summed E-state index contributed by atoms with van der Waals surface area (Å²) < 4.78 is 0. The summed E-state index contributed by atoms with van der Waals surface area (Å²) in [6.45, 7) is 1.63. The smallest absolute Gasteiger partial charge is 0.353 e. The maximum absolute atomic E-state index is 10.4. The zero-order valence-electron chi connectivity index (χ0n) is 14.4. The number of rotatable bonds is 5. The molecule has 0 atom stereocenters. The Kier molecular flexibility index (Phi) is 11.0. The topological polar surface area (TPSA) is 58.9 Å². The van der Waals surface area contributed by atoms with Gasteiger partial charge in [-0.3, -0.25) is 0 Å². The lowest BCUT2D eigenvalue weighted by molar-refractivity contribution is -0.129. The fraction of sp³-hybridized carbons (Fsp3) is 0.143. The van der Waals surface area contributed by atoms with E-state index in [-0.39, 0.29) is 12.3 Å². The lowest BCUT2D eigenvalue weighted by atomic mass is 10.2. The van der Waals surface area contributed by atoms with Gasteiger partial charge in [0.2, 0.25) is 0 Å². The first kappa shape index (κ1) is 21.2. The number of hydrogen-bond acceptors (Lipinski definition) is 3. The number of halogens is 1. The first-order chi connectivity index (χ1) is 12.6. The minimum Gasteiger partial charge on any atom is -0.477 e. The van der Waals surface area contributed by atoms with E-state index in [1.165, 1.54) is 6.92 Å². The van der Waals surface area contributed by atoms with E-state index in [1.54, 1.807) is 6.08 Å². The summed E-state index contributed by atoms with van der Waals surface area (Å²) in [7, 11) is 0. The molecule has 26 heavy (non-hydrogen) atoms. The molecule has 0 aromatic heterocycles. The van der Waals surface area contributed by atoms with Crippen molar-refractivity contribution >= 4 is 33.7 Å². The maximum Gasteiger partial charge on any atom is 0.353 e. The van der Waals surface area contributed by atoms with Crippen LogP contribution >= 0.6 is 15.9 Å². The third-order valence-electron chi connectivity index (χ3n) is 2.86. The van der Waals surface area contributed by atoms with Gasteiger partial charge in [0.15, 0.2) is 5.71 Å². The second-order valence-corrected chi connectivity index (χ2v) is 5.45. The van der Waals surface area contributed by atoms with Gasteiger partial charge in [-0.1, -0.05) is 87.5 Å². The highest BCUT2D eigenvalue weighted by Crippen LogP contribution is 2.00. The molecule has 2 aromatic rings. The molecule has 0 aliphatic carbocycles. The largest absolute Gasteiger partial charge is 0.477 e. The Morgan fingerprint density at radius 3 is 2.35 bits per heavy atom. The second kappa shape index (κ2) is 13.5. The van der Waals surface area contributed by atoms with Crippen molar-refractivity contribution in [1.82, 2.24) is 0 Å². The first-order valence-electron chi connectivity index (χ1n) is 7.85. The van der Waals surface area contributed by atoms with Crippen LogP contribution in [0.3, 0.4) is 0 Å². The van der Waals surface area contributed by atoms with Crippen molar-refractivity contribution in [3.8, 4) is 11.8 Å². The molecule has 2 rings (SSSR count). The predicted molar refractivity (Wildman–Crippen MR) is 109 cm³/mol. The summed E-state index contributed by atoms with van der Waals surface area (Å²) >= 11 is 3.23. The van der Waals surface area contributed by atoms with Crippen LogP contribution in [-0.2, 0) is 9.63 Å². The molecule has 0 amide bonds. The van der Waals surface area contributed by atoms with Gasteiger partial charge in [0.05, 0.1) is 5.33 Å². The minimum atomic E-state index is -1.08. The Balaban J connectivity index is 0.000000289. The summed E-state index contributed by atoms with van der Waals surface area (Å²) in [5.41, 5.74) is 2.07. The van der Waals surface area contributed by atoms with Crippen LogP contribution in [0.2, 0.25) is 0 Å². The summed E-state index contributed by atoms with van der Waals surface area (Å²) in [6, 6.07) is 19.7. The molecule has 2 aromatic carbocycles. The van der Waals surface area contributed by atoms with E-state index in [9.17, 15) is 4.79 Å². The van der Waals surface area contributed by atoms with Crippen molar-refractivity contribution in [1.29, 1.82) is 0 Å². The molecule has 4 nitrogen and oxygen atoms in total. The van der Waals surface area contributed by atoms with Crippen LogP contribution in [0.4, 0.5) is 0 Å². The molecule has 0 unspecified atom stereocenters. The summed E-state index contributed by atoms with van der Waals surface area (Å²) in [5, 5.41) is 12.6. The predicted octanol–water partition coefficient (Wildman–Crippen LogP) is 4.61. The zero-order chi connectivity index (χ0) is 19.0. The van der Waals surface area contributed by atoms with Crippen molar-refractivity contribution in [2.45, 2.75) is 6.92 Å². The van der Waals surface area contributed by atoms with Crippen LogP contribution in [0.15, 0.2) is 71.9 Å². The summed E-state index contributed by atoms with van der Waals surface area (Å²) in [5.74, 6) is 4.85. The lowest BCUT2D eigenvalue weighted by Crippen LogP contribution is -2.08. The highest BCUT2D eigenvalue weighted by molar-refractivity contribution is 9.09. The highest BCUT2D eigenvalue weighted by atomic mass is 79.9. The molecule has 0 saturated carbocycles. The normalized spacial score (nSPS) is 10.3. The average Bonchev–Trinajstić information content (AvgIpc) is 2.68. The van der Waals surface area contributed by atoms with Crippen molar-refractivity contribution in [2.75, 3.05) is 11.9 Å². The molecule has 0 radical (unpaired) electrons. The van der Waals surface area contributed by atoms with Gasteiger partial charge in [0, 0.05) is 5.56 Å². The number of hydrogen-bond donors (Lipinski definition) is 1. The minimum absolute atomic E-state index is 0.0619. The molecular weight excluding hydrogens is 394 g/mol. The van der Waals surface area contributed by atoms with Crippen LogP contribution < -0.4 is 0 Å². The van der Waals surface area contributed by atoms with Crippen molar-refractivity contribution in [2.24, 2.45) is 5.16 Å². The summed E-state index contributed by atoms with van der Waals surface area (Å²) in [4.78, 5) is 15.2. The molecule has 1 N–H and O–H groups in total. The van der Waals surface area contributed by atoms with E-state index >= 15 is 0 Å². The van der Waals surface area contributed by atoms with Gasteiger partial charge in [-0.15, -0.1) is 0 Å². The van der Waals surface area contributed by atoms with Gasteiger partial charge in [-0.25, -0.2) is 4.79 Å². The fourth-order valence-corrected chi connectivity index (χ4v) is 1.76. The molecule has 0 heterocycles.